The lowest BCUT2D eigenvalue weighted by Crippen LogP contribution is -1.98. The molecule has 1 aromatic heterocycles. The van der Waals surface area contributed by atoms with Gasteiger partial charge in [-0.25, -0.2) is 0 Å². The third kappa shape index (κ3) is 4.23. The van der Waals surface area contributed by atoms with E-state index in [9.17, 15) is 9.59 Å². The van der Waals surface area contributed by atoms with Crippen molar-refractivity contribution in [2.24, 2.45) is 0 Å². The van der Waals surface area contributed by atoms with Crippen LogP contribution in [-0.2, 0) is 4.79 Å². The Hall–Kier alpha value is -0.390. The molecule has 0 aromatic carbocycles. The summed E-state index contributed by atoms with van der Waals surface area (Å²) in [7, 11) is 0. The van der Waals surface area contributed by atoms with Crippen LogP contribution in [0.4, 0.5) is 0 Å². The maximum Gasteiger partial charge on any atom is 0.303 e. The SMILES string of the molecule is O=C(O)CCCCC(=O)c1cc(Br)c(Cl)s1. The highest BCUT2D eigenvalue weighted by Crippen LogP contribution is 2.32. The Kier molecular flexibility index (Phi) is 5.44. The Morgan fingerprint density at radius 3 is 2.50 bits per heavy atom. The van der Waals surface area contributed by atoms with Crippen molar-refractivity contribution >= 4 is 50.6 Å². The second kappa shape index (κ2) is 6.37. The van der Waals surface area contributed by atoms with Gasteiger partial charge in [-0.05, 0) is 34.8 Å². The molecule has 0 amide bonds. The van der Waals surface area contributed by atoms with Crippen LogP contribution < -0.4 is 0 Å². The van der Waals surface area contributed by atoms with Crippen molar-refractivity contribution < 1.29 is 14.7 Å². The Morgan fingerprint density at radius 1 is 1.38 bits per heavy atom. The van der Waals surface area contributed by atoms with Crippen LogP contribution in [-0.4, -0.2) is 16.9 Å². The van der Waals surface area contributed by atoms with E-state index in [0.29, 0.717) is 28.5 Å². The van der Waals surface area contributed by atoms with E-state index in [1.54, 1.807) is 6.07 Å². The molecule has 0 aliphatic carbocycles. The maximum atomic E-state index is 11.6. The van der Waals surface area contributed by atoms with Crippen LogP contribution in [0.1, 0.15) is 35.4 Å². The average molecular weight is 326 g/mol. The second-order valence-corrected chi connectivity index (χ2v) is 5.76. The van der Waals surface area contributed by atoms with Gasteiger partial charge < -0.3 is 5.11 Å². The summed E-state index contributed by atoms with van der Waals surface area (Å²) >= 11 is 10.3. The fourth-order valence-electron chi connectivity index (χ4n) is 1.17. The molecule has 1 rings (SSSR count). The quantitative estimate of drug-likeness (QED) is 0.635. The standard InChI is InChI=1S/C10H10BrClO3S/c11-6-5-8(16-10(6)12)7(13)3-1-2-4-9(14)15/h5H,1-4H2,(H,14,15). The zero-order valence-electron chi connectivity index (χ0n) is 8.33. The maximum absolute atomic E-state index is 11.6. The van der Waals surface area contributed by atoms with Crippen molar-refractivity contribution in [1.29, 1.82) is 0 Å². The van der Waals surface area contributed by atoms with Gasteiger partial charge in [0, 0.05) is 17.3 Å². The van der Waals surface area contributed by atoms with E-state index >= 15 is 0 Å². The number of thiophene rings is 1. The molecule has 16 heavy (non-hydrogen) atoms. The third-order valence-electron chi connectivity index (χ3n) is 1.96. The largest absolute Gasteiger partial charge is 0.481 e. The number of hydrogen-bond acceptors (Lipinski definition) is 3. The number of carboxylic acid groups (broad SMARTS) is 1. The molecule has 0 fully saturated rings. The minimum atomic E-state index is -0.825. The van der Waals surface area contributed by atoms with Crippen LogP contribution in [0.25, 0.3) is 0 Å². The Bertz CT molecular complexity index is 383. The molecule has 0 atom stereocenters. The lowest BCUT2D eigenvalue weighted by molar-refractivity contribution is -0.137. The minimum Gasteiger partial charge on any atom is -0.481 e. The number of Topliss-reactive ketones (excluding diaryl/α,β-unsaturated/α-hetero) is 1. The minimum absolute atomic E-state index is 0.0167. The van der Waals surface area contributed by atoms with Gasteiger partial charge in [-0.15, -0.1) is 11.3 Å². The molecular formula is C10H10BrClO3S. The Labute approximate surface area is 111 Å². The number of hydrogen-bond donors (Lipinski definition) is 1. The highest BCUT2D eigenvalue weighted by molar-refractivity contribution is 9.10. The molecule has 0 radical (unpaired) electrons. The summed E-state index contributed by atoms with van der Waals surface area (Å²) in [4.78, 5) is 22.5. The molecule has 1 heterocycles. The fourth-order valence-corrected chi connectivity index (χ4v) is 2.84. The zero-order valence-corrected chi connectivity index (χ0v) is 11.5. The van der Waals surface area contributed by atoms with E-state index in [1.165, 1.54) is 11.3 Å². The number of carbonyl (C=O) groups excluding carboxylic acids is 1. The van der Waals surface area contributed by atoms with Crippen LogP contribution >= 0.6 is 38.9 Å². The molecular weight excluding hydrogens is 316 g/mol. The first-order valence-corrected chi connectivity index (χ1v) is 6.69. The van der Waals surface area contributed by atoms with Gasteiger partial charge in [-0.2, -0.15) is 0 Å². The van der Waals surface area contributed by atoms with Crippen LogP contribution in [0.15, 0.2) is 10.5 Å². The van der Waals surface area contributed by atoms with E-state index < -0.39 is 5.97 Å². The van der Waals surface area contributed by atoms with Gasteiger partial charge in [0.25, 0.3) is 0 Å². The summed E-state index contributed by atoms with van der Waals surface area (Å²) in [6.45, 7) is 0. The number of rotatable bonds is 6. The first kappa shape index (κ1) is 13.7. The van der Waals surface area contributed by atoms with Crippen LogP contribution in [0.2, 0.25) is 4.34 Å². The monoisotopic (exact) mass is 324 g/mol. The number of aliphatic carboxylic acids is 1. The summed E-state index contributed by atoms with van der Waals surface area (Å²) in [5.41, 5.74) is 0. The molecule has 1 N–H and O–H groups in total. The van der Waals surface area contributed by atoms with E-state index in [0.717, 1.165) is 4.47 Å². The molecule has 0 spiro atoms. The molecule has 6 heteroatoms. The summed E-state index contributed by atoms with van der Waals surface area (Å²) in [5.74, 6) is -0.808. The average Bonchev–Trinajstić information content (AvgIpc) is 2.54. The summed E-state index contributed by atoms with van der Waals surface area (Å²) in [6.07, 6.45) is 1.61. The van der Waals surface area contributed by atoms with Gasteiger partial charge in [0.2, 0.25) is 0 Å². The molecule has 0 saturated heterocycles. The van der Waals surface area contributed by atoms with Crippen molar-refractivity contribution in [2.75, 3.05) is 0 Å². The van der Waals surface area contributed by atoms with E-state index in [4.69, 9.17) is 16.7 Å². The molecule has 0 aliphatic rings. The zero-order chi connectivity index (χ0) is 12.1. The van der Waals surface area contributed by atoms with Crippen LogP contribution in [0.5, 0.6) is 0 Å². The molecule has 3 nitrogen and oxygen atoms in total. The van der Waals surface area contributed by atoms with Crippen molar-refractivity contribution in [3.05, 3.63) is 19.8 Å². The number of carbonyl (C=O) groups is 2. The van der Waals surface area contributed by atoms with E-state index in [1.807, 2.05) is 0 Å². The fraction of sp³-hybridized carbons (Fsp3) is 0.400. The van der Waals surface area contributed by atoms with Gasteiger partial charge in [0.15, 0.2) is 5.78 Å². The summed E-state index contributed by atoms with van der Waals surface area (Å²) in [6, 6.07) is 1.70. The molecule has 0 unspecified atom stereocenters. The molecule has 0 aliphatic heterocycles. The van der Waals surface area contributed by atoms with Gasteiger partial charge >= 0.3 is 5.97 Å². The van der Waals surface area contributed by atoms with E-state index in [-0.39, 0.29) is 12.2 Å². The number of carboxylic acids is 1. The third-order valence-corrected chi connectivity index (χ3v) is 4.48. The lowest BCUT2D eigenvalue weighted by Gasteiger charge is -1.96. The smallest absolute Gasteiger partial charge is 0.303 e. The predicted octanol–water partition coefficient (Wildman–Crippen LogP) is 3.99. The predicted molar refractivity (Wildman–Crippen MR) is 67.5 cm³/mol. The highest BCUT2D eigenvalue weighted by Gasteiger charge is 2.12. The first-order valence-electron chi connectivity index (χ1n) is 4.70. The van der Waals surface area contributed by atoms with Gasteiger partial charge in [0.1, 0.15) is 4.34 Å². The number of unbranched alkanes of at least 4 members (excludes halogenated alkanes) is 1. The normalized spacial score (nSPS) is 10.4. The molecule has 1 aromatic rings. The van der Waals surface area contributed by atoms with Crippen molar-refractivity contribution in [2.45, 2.75) is 25.7 Å². The second-order valence-electron chi connectivity index (χ2n) is 3.26. The Balaban J connectivity index is 2.38. The van der Waals surface area contributed by atoms with Crippen molar-refractivity contribution in [3.63, 3.8) is 0 Å². The van der Waals surface area contributed by atoms with Gasteiger partial charge in [0.05, 0.1) is 4.88 Å². The topological polar surface area (TPSA) is 54.4 Å². The highest BCUT2D eigenvalue weighted by atomic mass is 79.9. The van der Waals surface area contributed by atoms with E-state index in [2.05, 4.69) is 15.9 Å². The van der Waals surface area contributed by atoms with Crippen molar-refractivity contribution in [1.82, 2.24) is 0 Å². The number of halogens is 2. The summed E-state index contributed by atoms with van der Waals surface area (Å²) < 4.78 is 1.29. The van der Waals surface area contributed by atoms with Crippen molar-refractivity contribution in [3.8, 4) is 0 Å². The molecule has 0 saturated carbocycles. The number of ketones is 1. The summed E-state index contributed by atoms with van der Waals surface area (Å²) in [5, 5.41) is 8.43. The molecule has 88 valence electrons. The van der Waals surface area contributed by atoms with Gasteiger partial charge in [-0.3, -0.25) is 9.59 Å². The van der Waals surface area contributed by atoms with Crippen LogP contribution in [0, 0.1) is 0 Å². The molecule has 0 bridgehead atoms. The van der Waals surface area contributed by atoms with Gasteiger partial charge in [-0.1, -0.05) is 11.6 Å². The Morgan fingerprint density at radius 2 is 2.00 bits per heavy atom. The van der Waals surface area contributed by atoms with Crippen LogP contribution in [0.3, 0.4) is 0 Å². The lowest BCUT2D eigenvalue weighted by atomic mass is 10.1. The first-order chi connectivity index (χ1) is 7.50.